The third-order valence-electron chi connectivity index (χ3n) is 2.02. The van der Waals surface area contributed by atoms with Crippen LogP contribution in [0.25, 0.3) is 0 Å². The van der Waals surface area contributed by atoms with Gasteiger partial charge in [-0.3, -0.25) is 9.79 Å². The Balaban J connectivity index is 3.99. The molecule has 0 aliphatic carbocycles. The van der Waals surface area contributed by atoms with Gasteiger partial charge in [-0.15, -0.1) is 0 Å². The molecule has 0 heterocycles. The average Bonchev–Trinajstić information content (AvgIpc) is 2.03. The van der Waals surface area contributed by atoms with Crippen LogP contribution in [0.4, 0.5) is 0 Å². The number of hydrogen-bond acceptors (Lipinski definition) is 3. The highest BCUT2D eigenvalue weighted by molar-refractivity contribution is 5.75. The molecule has 0 amide bonds. The first kappa shape index (κ1) is 12.7. The number of guanidine groups is 1. The average molecular weight is 202 g/mol. The summed E-state index contributed by atoms with van der Waals surface area (Å²) < 4.78 is 0. The van der Waals surface area contributed by atoms with Crippen LogP contribution in [0.3, 0.4) is 0 Å². The smallest absolute Gasteiger partial charge is 0.320 e. The lowest BCUT2D eigenvalue weighted by molar-refractivity contribution is -0.140. The minimum absolute atomic E-state index is 0.0133. The van der Waals surface area contributed by atoms with Crippen LogP contribution in [0.2, 0.25) is 0 Å². The predicted molar refractivity (Wildman–Crippen MR) is 54.9 cm³/mol. The third kappa shape index (κ3) is 4.66. The number of hydrogen-bond donors (Lipinski definition) is 4. The lowest BCUT2D eigenvalue weighted by Crippen LogP contribution is -2.39. The molecule has 0 spiro atoms. The molecule has 6 nitrogen and oxygen atoms in total. The Morgan fingerprint density at radius 3 is 2.50 bits per heavy atom. The van der Waals surface area contributed by atoms with E-state index in [0.717, 1.165) is 0 Å². The molecule has 0 rings (SSSR count). The second-order valence-corrected chi connectivity index (χ2v) is 3.18. The van der Waals surface area contributed by atoms with Gasteiger partial charge in [0.1, 0.15) is 6.04 Å². The van der Waals surface area contributed by atoms with E-state index in [1.165, 1.54) is 0 Å². The summed E-state index contributed by atoms with van der Waals surface area (Å²) in [5, 5.41) is 11.5. The molecule has 0 aromatic heterocycles. The lowest BCUT2D eigenvalue weighted by Gasteiger charge is -2.18. The van der Waals surface area contributed by atoms with Crippen molar-refractivity contribution in [3.8, 4) is 0 Å². The van der Waals surface area contributed by atoms with E-state index in [4.69, 9.17) is 16.6 Å². The van der Waals surface area contributed by atoms with Gasteiger partial charge in [-0.05, 0) is 19.4 Å². The molecule has 6 heteroatoms. The van der Waals surface area contributed by atoms with Crippen LogP contribution < -0.4 is 16.8 Å². The highest BCUT2D eigenvalue weighted by atomic mass is 16.4. The van der Waals surface area contributed by atoms with Gasteiger partial charge in [-0.1, -0.05) is 6.92 Å². The SMILES string of the molecule is CNC(C(=O)O)C(C)CCN=C(N)N. The number of aliphatic imine (C=N–C) groups is 1. The van der Waals surface area contributed by atoms with Crippen molar-refractivity contribution in [2.75, 3.05) is 13.6 Å². The van der Waals surface area contributed by atoms with Gasteiger partial charge in [-0.2, -0.15) is 0 Å². The zero-order chi connectivity index (χ0) is 11.1. The molecule has 14 heavy (non-hydrogen) atoms. The van der Waals surface area contributed by atoms with Crippen LogP contribution in [-0.4, -0.2) is 36.7 Å². The molecule has 0 aliphatic rings. The minimum atomic E-state index is -0.857. The molecule has 6 N–H and O–H groups in total. The second-order valence-electron chi connectivity index (χ2n) is 3.18. The van der Waals surface area contributed by atoms with E-state index in [-0.39, 0.29) is 11.9 Å². The van der Waals surface area contributed by atoms with Gasteiger partial charge in [-0.25, -0.2) is 0 Å². The molecular weight excluding hydrogens is 184 g/mol. The molecular formula is C8H18N4O2. The summed E-state index contributed by atoms with van der Waals surface area (Å²) >= 11 is 0. The van der Waals surface area contributed by atoms with Crippen molar-refractivity contribution in [3.05, 3.63) is 0 Å². The van der Waals surface area contributed by atoms with Gasteiger partial charge in [0, 0.05) is 6.54 Å². The number of aliphatic carboxylic acids is 1. The molecule has 0 saturated heterocycles. The molecule has 0 aromatic carbocycles. The van der Waals surface area contributed by atoms with Crippen LogP contribution in [0.5, 0.6) is 0 Å². The number of carbonyl (C=O) groups is 1. The normalized spacial score (nSPS) is 14.4. The van der Waals surface area contributed by atoms with E-state index in [1.54, 1.807) is 7.05 Å². The summed E-state index contributed by atoms with van der Waals surface area (Å²) in [6.45, 7) is 2.30. The molecule has 2 unspecified atom stereocenters. The molecule has 0 fully saturated rings. The highest BCUT2D eigenvalue weighted by Crippen LogP contribution is 2.08. The maximum absolute atomic E-state index is 10.7. The maximum atomic E-state index is 10.7. The summed E-state index contributed by atoms with van der Waals surface area (Å²) in [5.74, 6) is -0.834. The van der Waals surface area contributed by atoms with Crippen molar-refractivity contribution < 1.29 is 9.90 Å². The molecule has 0 radical (unpaired) electrons. The molecule has 82 valence electrons. The predicted octanol–water partition coefficient (Wildman–Crippen LogP) is -1.04. The quantitative estimate of drug-likeness (QED) is 0.324. The van der Waals surface area contributed by atoms with Gasteiger partial charge in [0.2, 0.25) is 0 Å². The topological polar surface area (TPSA) is 114 Å². The largest absolute Gasteiger partial charge is 0.480 e. The standard InChI is InChI=1S/C8H18N4O2/c1-5(3-4-12-8(9)10)6(11-2)7(13)14/h5-6,11H,3-4H2,1-2H3,(H,13,14)(H4,9,10,12). The minimum Gasteiger partial charge on any atom is -0.480 e. The first-order valence-corrected chi connectivity index (χ1v) is 4.44. The first-order chi connectivity index (χ1) is 6.49. The Labute approximate surface area is 83.4 Å². The fourth-order valence-electron chi connectivity index (χ4n) is 1.22. The van der Waals surface area contributed by atoms with E-state index >= 15 is 0 Å². The van der Waals surface area contributed by atoms with Crippen LogP contribution in [0, 0.1) is 5.92 Å². The fourth-order valence-corrected chi connectivity index (χ4v) is 1.22. The maximum Gasteiger partial charge on any atom is 0.320 e. The molecule has 0 aliphatic heterocycles. The first-order valence-electron chi connectivity index (χ1n) is 4.44. The van der Waals surface area contributed by atoms with Gasteiger partial charge in [0.15, 0.2) is 5.96 Å². The van der Waals surface area contributed by atoms with E-state index in [0.29, 0.717) is 13.0 Å². The summed E-state index contributed by atoms with van der Waals surface area (Å²) in [5.41, 5.74) is 10.3. The number of carboxylic acids is 1. The Kier molecular flexibility index (Phi) is 5.62. The second kappa shape index (κ2) is 6.20. The number of likely N-dealkylation sites (N-methyl/N-ethyl adjacent to an activating group) is 1. The summed E-state index contributed by atoms with van der Waals surface area (Å²) in [4.78, 5) is 14.5. The summed E-state index contributed by atoms with van der Waals surface area (Å²) in [6.07, 6.45) is 0.635. The number of rotatable bonds is 6. The van der Waals surface area contributed by atoms with Crippen molar-refractivity contribution in [2.45, 2.75) is 19.4 Å². The van der Waals surface area contributed by atoms with Crippen molar-refractivity contribution in [1.82, 2.24) is 5.32 Å². The number of nitrogens with two attached hydrogens (primary N) is 2. The number of nitrogens with one attached hydrogen (secondary N) is 1. The van der Waals surface area contributed by atoms with E-state index in [9.17, 15) is 4.79 Å². The van der Waals surface area contributed by atoms with E-state index in [2.05, 4.69) is 10.3 Å². The summed E-state index contributed by atoms with van der Waals surface area (Å²) in [6, 6.07) is -0.552. The van der Waals surface area contributed by atoms with Crippen LogP contribution in [0.15, 0.2) is 4.99 Å². The van der Waals surface area contributed by atoms with Gasteiger partial charge >= 0.3 is 5.97 Å². The van der Waals surface area contributed by atoms with Crippen molar-refractivity contribution in [3.63, 3.8) is 0 Å². The lowest BCUT2D eigenvalue weighted by atomic mass is 9.99. The van der Waals surface area contributed by atoms with Crippen LogP contribution in [-0.2, 0) is 4.79 Å². The monoisotopic (exact) mass is 202 g/mol. The number of nitrogens with zero attached hydrogens (tertiary/aromatic N) is 1. The Morgan fingerprint density at radius 1 is 1.57 bits per heavy atom. The van der Waals surface area contributed by atoms with E-state index in [1.807, 2.05) is 6.92 Å². The van der Waals surface area contributed by atoms with Crippen molar-refractivity contribution in [1.29, 1.82) is 0 Å². The zero-order valence-electron chi connectivity index (χ0n) is 8.53. The van der Waals surface area contributed by atoms with Gasteiger partial charge in [0.05, 0.1) is 0 Å². The van der Waals surface area contributed by atoms with Crippen LogP contribution in [0.1, 0.15) is 13.3 Å². The molecule has 0 aromatic rings. The van der Waals surface area contributed by atoms with Gasteiger partial charge < -0.3 is 21.9 Å². The molecule has 0 bridgehead atoms. The fraction of sp³-hybridized carbons (Fsp3) is 0.750. The Morgan fingerprint density at radius 2 is 2.14 bits per heavy atom. The third-order valence-corrected chi connectivity index (χ3v) is 2.02. The van der Waals surface area contributed by atoms with Crippen molar-refractivity contribution >= 4 is 11.9 Å². The van der Waals surface area contributed by atoms with E-state index < -0.39 is 12.0 Å². The number of carboxylic acid groups (broad SMARTS) is 1. The van der Waals surface area contributed by atoms with Crippen LogP contribution >= 0.6 is 0 Å². The summed E-state index contributed by atoms with van der Waals surface area (Å²) in [7, 11) is 1.62. The van der Waals surface area contributed by atoms with Gasteiger partial charge in [0.25, 0.3) is 0 Å². The molecule has 2 atom stereocenters. The Bertz CT molecular complexity index is 213. The zero-order valence-corrected chi connectivity index (χ0v) is 8.53. The van der Waals surface area contributed by atoms with Crippen molar-refractivity contribution in [2.24, 2.45) is 22.4 Å². The molecule has 0 saturated carbocycles. The Hall–Kier alpha value is -1.30. The highest BCUT2D eigenvalue weighted by Gasteiger charge is 2.21.